The van der Waals surface area contributed by atoms with Crippen LogP contribution in [0.3, 0.4) is 0 Å². The molecule has 0 aliphatic carbocycles. The first kappa shape index (κ1) is 19.2. The highest BCUT2D eigenvalue weighted by molar-refractivity contribution is 6.30. The summed E-state index contributed by atoms with van der Waals surface area (Å²) >= 11 is 6.11. The lowest BCUT2D eigenvalue weighted by Crippen LogP contribution is -2.50. The standard InChI is InChI=1S/C19H28ClN3O3/c1-11(2)15-10-16(21-22-17(15)20)25-14-8-12-6-7-13(9-14)23(12)18(24)26-19(3,4)5/h10-14H,6-9H2,1-5H3/t12-,13+,14?. The molecule has 26 heavy (non-hydrogen) atoms. The van der Waals surface area contributed by atoms with Gasteiger partial charge in [-0.05, 0) is 45.1 Å². The second kappa shape index (κ2) is 7.22. The Morgan fingerprint density at radius 1 is 1.23 bits per heavy atom. The molecular weight excluding hydrogens is 354 g/mol. The molecule has 0 radical (unpaired) electrons. The summed E-state index contributed by atoms with van der Waals surface area (Å²) in [6.45, 7) is 9.81. The van der Waals surface area contributed by atoms with Gasteiger partial charge in [-0.25, -0.2) is 4.79 Å². The van der Waals surface area contributed by atoms with Crippen molar-refractivity contribution in [1.29, 1.82) is 0 Å². The highest BCUT2D eigenvalue weighted by atomic mass is 35.5. The maximum atomic E-state index is 12.5. The van der Waals surface area contributed by atoms with Gasteiger partial charge in [0.1, 0.15) is 11.7 Å². The molecule has 1 amide bonds. The van der Waals surface area contributed by atoms with E-state index in [-0.39, 0.29) is 30.2 Å². The predicted octanol–water partition coefficient (Wildman–Crippen LogP) is 4.56. The molecule has 0 N–H and O–H groups in total. The van der Waals surface area contributed by atoms with Crippen LogP contribution < -0.4 is 4.74 Å². The lowest BCUT2D eigenvalue weighted by molar-refractivity contribution is -0.00772. The quantitative estimate of drug-likeness (QED) is 0.767. The Morgan fingerprint density at radius 2 is 1.85 bits per heavy atom. The topological polar surface area (TPSA) is 64.5 Å². The van der Waals surface area contributed by atoms with E-state index < -0.39 is 5.60 Å². The molecule has 3 rings (SSSR count). The Kier molecular flexibility index (Phi) is 5.33. The molecule has 1 aromatic rings. The van der Waals surface area contributed by atoms with Crippen LogP contribution in [-0.2, 0) is 4.74 Å². The van der Waals surface area contributed by atoms with E-state index in [1.54, 1.807) is 0 Å². The van der Waals surface area contributed by atoms with Crippen molar-refractivity contribution >= 4 is 17.7 Å². The normalized spacial score (nSPS) is 25.5. The van der Waals surface area contributed by atoms with Gasteiger partial charge in [0.05, 0.1) is 0 Å². The Morgan fingerprint density at radius 3 is 2.38 bits per heavy atom. The van der Waals surface area contributed by atoms with Crippen molar-refractivity contribution in [3.8, 4) is 5.88 Å². The average Bonchev–Trinajstić information content (AvgIpc) is 2.79. The number of nitrogens with zero attached hydrogens (tertiary/aromatic N) is 3. The van der Waals surface area contributed by atoms with Gasteiger partial charge in [0.25, 0.3) is 0 Å². The van der Waals surface area contributed by atoms with E-state index in [4.69, 9.17) is 21.1 Å². The molecule has 144 valence electrons. The summed E-state index contributed by atoms with van der Waals surface area (Å²) in [6, 6.07) is 2.21. The Balaban J connectivity index is 1.66. The summed E-state index contributed by atoms with van der Waals surface area (Å²) in [5.74, 6) is 0.763. The largest absolute Gasteiger partial charge is 0.473 e. The monoisotopic (exact) mass is 381 g/mol. The first-order valence-electron chi connectivity index (χ1n) is 9.35. The highest BCUT2D eigenvalue weighted by Crippen LogP contribution is 2.38. The molecule has 2 saturated heterocycles. The van der Waals surface area contributed by atoms with Gasteiger partial charge in [-0.1, -0.05) is 25.4 Å². The van der Waals surface area contributed by atoms with Gasteiger partial charge in [0.2, 0.25) is 5.88 Å². The fourth-order valence-corrected chi connectivity index (χ4v) is 4.15. The maximum Gasteiger partial charge on any atom is 0.410 e. The fraction of sp³-hybridized carbons (Fsp3) is 0.737. The number of fused-ring (bicyclic) bond motifs is 2. The molecule has 0 spiro atoms. The molecule has 0 aromatic carbocycles. The summed E-state index contributed by atoms with van der Waals surface area (Å²) in [5.41, 5.74) is 0.460. The smallest absolute Gasteiger partial charge is 0.410 e. The molecule has 2 fully saturated rings. The summed E-state index contributed by atoms with van der Waals surface area (Å²) in [5, 5.41) is 8.51. The number of rotatable bonds is 3. The van der Waals surface area contributed by atoms with Crippen molar-refractivity contribution in [3.63, 3.8) is 0 Å². The van der Waals surface area contributed by atoms with E-state index in [1.165, 1.54) is 0 Å². The van der Waals surface area contributed by atoms with Crippen molar-refractivity contribution in [2.75, 3.05) is 0 Å². The molecule has 0 saturated carbocycles. The molecule has 1 unspecified atom stereocenters. The van der Waals surface area contributed by atoms with E-state index in [9.17, 15) is 4.79 Å². The van der Waals surface area contributed by atoms with Crippen LogP contribution in [0.5, 0.6) is 5.88 Å². The van der Waals surface area contributed by atoms with E-state index in [2.05, 4.69) is 24.0 Å². The minimum absolute atomic E-state index is 0.0293. The van der Waals surface area contributed by atoms with E-state index in [0.29, 0.717) is 11.0 Å². The average molecular weight is 382 g/mol. The van der Waals surface area contributed by atoms with Crippen molar-refractivity contribution < 1.29 is 14.3 Å². The van der Waals surface area contributed by atoms with Crippen molar-refractivity contribution in [1.82, 2.24) is 15.1 Å². The van der Waals surface area contributed by atoms with Crippen molar-refractivity contribution in [3.05, 3.63) is 16.8 Å². The van der Waals surface area contributed by atoms with Gasteiger partial charge >= 0.3 is 6.09 Å². The number of hydrogen-bond donors (Lipinski definition) is 0. The van der Waals surface area contributed by atoms with Gasteiger partial charge < -0.3 is 14.4 Å². The molecule has 2 aliphatic rings. The van der Waals surface area contributed by atoms with Crippen LogP contribution in [0.25, 0.3) is 0 Å². The molecule has 3 heterocycles. The number of carbonyl (C=O) groups excluding carboxylic acids is 1. The lowest BCUT2D eigenvalue weighted by Gasteiger charge is -2.39. The van der Waals surface area contributed by atoms with Gasteiger partial charge in [-0.3, -0.25) is 0 Å². The van der Waals surface area contributed by atoms with Gasteiger partial charge in [-0.15, -0.1) is 10.2 Å². The second-order valence-corrected chi connectivity index (χ2v) is 8.93. The van der Waals surface area contributed by atoms with Crippen LogP contribution in [-0.4, -0.2) is 45.0 Å². The van der Waals surface area contributed by atoms with Crippen LogP contribution in [0.15, 0.2) is 6.07 Å². The molecule has 1 aromatic heterocycles. The third-order valence-electron chi connectivity index (χ3n) is 4.96. The predicted molar refractivity (Wildman–Crippen MR) is 99.7 cm³/mol. The SMILES string of the molecule is CC(C)c1cc(OC2C[C@H]3CC[C@@H](C2)N3C(=O)OC(C)(C)C)nnc1Cl. The number of aromatic nitrogens is 2. The fourth-order valence-electron chi connectivity index (χ4n) is 3.84. The summed E-state index contributed by atoms with van der Waals surface area (Å²) in [4.78, 5) is 14.4. The highest BCUT2D eigenvalue weighted by Gasteiger charge is 2.45. The van der Waals surface area contributed by atoms with Crippen molar-refractivity contribution in [2.24, 2.45) is 0 Å². The number of carbonyl (C=O) groups is 1. The number of halogens is 1. The van der Waals surface area contributed by atoms with Gasteiger partial charge in [0, 0.05) is 31.0 Å². The number of amides is 1. The Bertz CT molecular complexity index is 660. The minimum atomic E-state index is -0.476. The van der Waals surface area contributed by atoms with Gasteiger partial charge in [0.15, 0.2) is 5.15 Å². The third-order valence-corrected chi connectivity index (χ3v) is 5.25. The Labute approximate surface area is 160 Å². The van der Waals surface area contributed by atoms with Crippen LogP contribution in [0.1, 0.15) is 71.8 Å². The van der Waals surface area contributed by atoms with Crippen LogP contribution in [0.2, 0.25) is 5.15 Å². The number of piperidine rings is 1. The first-order chi connectivity index (χ1) is 12.1. The molecule has 3 atom stereocenters. The zero-order valence-electron chi connectivity index (χ0n) is 16.2. The van der Waals surface area contributed by atoms with E-state index in [1.807, 2.05) is 31.7 Å². The van der Waals surface area contributed by atoms with Crippen molar-refractivity contribution in [2.45, 2.75) is 90.0 Å². The molecular formula is C19H28ClN3O3. The summed E-state index contributed by atoms with van der Waals surface area (Å²) in [6.07, 6.45) is 3.38. The number of hydrogen-bond acceptors (Lipinski definition) is 5. The zero-order chi connectivity index (χ0) is 19.1. The van der Waals surface area contributed by atoms with E-state index >= 15 is 0 Å². The molecule has 2 aliphatic heterocycles. The summed E-state index contributed by atoms with van der Waals surface area (Å²) in [7, 11) is 0. The molecule has 7 heteroatoms. The summed E-state index contributed by atoms with van der Waals surface area (Å²) < 4.78 is 11.7. The van der Waals surface area contributed by atoms with E-state index in [0.717, 1.165) is 31.2 Å². The number of ether oxygens (including phenoxy) is 2. The molecule has 2 bridgehead atoms. The lowest BCUT2D eigenvalue weighted by atomic mass is 10.00. The molecule has 6 nitrogen and oxygen atoms in total. The second-order valence-electron chi connectivity index (χ2n) is 8.57. The van der Waals surface area contributed by atoms with Crippen LogP contribution in [0, 0.1) is 0 Å². The van der Waals surface area contributed by atoms with Gasteiger partial charge in [-0.2, -0.15) is 0 Å². The zero-order valence-corrected chi connectivity index (χ0v) is 16.9. The Hall–Kier alpha value is -1.56. The third kappa shape index (κ3) is 4.22. The van der Waals surface area contributed by atoms with Crippen LogP contribution in [0.4, 0.5) is 4.79 Å². The minimum Gasteiger partial charge on any atom is -0.473 e. The van der Waals surface area contributed by atoms with Crippen LogP contribution >= 0.6 is 11.6 Å². The first-order valence-corrected chi connectivity index (χ1v) is 9.73. The maximum absolute atomic E-state index is 12.5.